The Morgan fingerprint density at radius 3 is 2.94 bits per heavy atom. The molecular weight excluding hydrogens is 222 g/mol. The maximum Gasteiger partial charge on any atom is 0.326 e. The molecule has 1 fully saturated rings. The summed E-state index contributed by atoms with van der Waals surface area (Å²) in [7, 11) is 1.43. The molecule has 16 heavy (non-hydrogen) atoms. The third kappa shape index (κ3) is 3.14. The van der Waals surface area contributed by atoms with Gasteiger partial charge in [0.1, 0.15) is 5.54 Å². The molecule has 2 unspecified atom stereocenters. The van der Waals surface area contributed by atoms with Crippen molar-refractivity contribution in [1.29, 1.82) is 0 Å². The van der Waals surface area contributed by atoms with E-state index in [9.17, 15) is 4.79 Å². The van der Waals surface area contributed by atoms with Gasteiger partial charge in [0.05, 0.1) is 7.11 Å². The number of ether oxygens (including phenoxy) is 1. The van der Waals surface area contributed by atoms with E-state index >= 15 is 0 Å². The fourth-order valence-electron chi connectivity index (χ4n) is 2.44. The average Bonchev–Trinajstić information content (AvgIpc) is 2.66. The first-order valence-corrected chi connectivity index (χ1v) is 7.25. The molecule has 1 saturated carbocycles. The van der Waals surface area contributed by atoms with E-state index in [1.54, 1.807) is 0 Å². The number of carbonyl (C=O) groups excluding carboxylic acids is 1. The van der Waals surface area contributed by atoms with E-state index in [1.807, 2.05) is 11.8 Å². The highest BCUT2D eigenvalue weighted by Gasteiger charge is 2.46. The molecule has 1 aliphatic rings. The number of nitrogens with two attached hydrogens (primary N) is 1. The standard InChI is InChI=1S/C12H23NO2S/c1-3-8-16-9-6-10-5-4-7-12(10,13)11(14)15-2/h10H,3-9,13H2,1-2H3. The molecule has 1 rings (SSSR count). The Bertz CT molecular complexity index is 235. The molecule has 2 N–H and O–H groups in total. The summed E-state index contributed by atoms with van der Waals surface area (Å²) in [6.07, 6.45) is 5.14. The van der Waals surface area contributed by atoms with Gasteiger partial charge in [-0.15, -0.1) is 0 Å². The van der Waals surface area contributed by atoms with E-state index in [4.69, 9.17) is 10.5 Å². The van der Waals surface area contributed by atoms with Gasteiger partial charge < -0.3 is 10.5 Å². The lowest BCUT2D eigenvalue weighted by Crippen LogP contribution is -2.51. The van der Waals surface area contributed by atoms with Gasteiger partial charge >= 0.3 is 5.97 Å². The van der Waals surface area contributed by atoms with E-state index in [1.165, 1.54) is 19.3 Å². The van der Waals surface area contributed by atoms with Crippen molar-refractivity contribution in [3.05, 3.63) is 0 Å². The highest BCUT2D eigenvalue weighted by Crippen LogP contribution is 2.37. The summed E-state index contributed by atoms with van der Waals surface area (Å²) in [4.78, 5) is 11.7. The Balaban J connectivity index is 2.42. The Hall–Kier alpha value is -0.220. The molecule has 4 heteroatoms. The van der Waals surface area contributed by atoms with Crippen LogP contribution in [-0.2, 0) is 9.53 Å². The van der Waals surface area contributed by atoms with Crippen LogP contribution < -0.4 is 5.73 Å². The number of hydrogen-bond acceptors (Lipinski definition) is 4. The highest BCUT2D eigenvalue weighted by atomic mass is 32.2. The average molecular weight is 245 g/mol. The van der Waals surface area contributed by atoms with Gasteiger partial charge in [-0.1, -0.05) is 13.3 Å². The lowest BCUT2D eigenvalue weighted by atomic mass is 9.86. The van der Waals surface area contributed by atoms with Gasteiger partial charge in [0.25, 0.3) is 0 Å². The lowest BCUT2D eigenvalue weighted by Gasteiger charge is -2.28. The highest BCUT2D eigenvalue weighted by molar-refractivity contribution is 7.99. The minimum Gasteiger partial charge on any atom is -0.468 e. The van der Waals surface area contributed by atoms with E-state index in [2.05, 4.69) is 6.92 Å². The van der Waals surface area contributed by atoms with Crippen molar-refractivity contribution in [1.82, 2.24) is 0 Å². The normalized spacial score (nSPS) is 29.3. The molecule has 0 heterocycles. The molecule has 3 nitrogen and oxygen atoms in total. The first kappa shape index (κ1) is 13.8. The van der Waals surface area contributed by atoms with Gasteiger partial charge in [0.2, 0.25) is 0 Å². The number of hydrogen-bond donors (Lipinski definition) is 1. The minimum atomic E-state index is -0.707. The van der Waals surface area contributed by atoms with Gasteiger partial charge in [0.15, 0.2) is 0 Å². The van der Waals surface area contributed by atoms with Gasteiger partial charge in [0, 0.05) is 0 Å². The van der Waals surface area contributed by atoms with Crippen LogP contribution in [0.25, 0.3) is 0 Å². The van der Waals surface area contributed by atoms with Crippen LogP contribution in [0.5, 0.6) is 0 Å². The second-order valence-electron chi connectivity index (χ2n) is 4.52. The molecule has 0 bridgehead atoms. The third-order valence-electron chi connectivity index (χ3n) is 3.40. The van der Waals surface area contributed by atoms with Crippen LogP contribution in [-0.4, -0.2) is 30.1 Å². The van der Waals surface area contributed by atoms with Crippen molar-refractivity contribution < 1.29 is 9.53 Å². The zero-order chi connectivity index (χ0) is 12.0. The van der Waals surface area contributed by atoms with Crippen LogP contribution in [0.1, 0.15) is 39.0 Å². The number of esters is 1. The maximum absolute atomic E-state index is 11.7. The molecule has 0 saturated heterocycles. The molecule has 0 radical (unpaired) electrons. The fourth-order valence-corrected chi connectivity index (χ4v) is 3.38. The molecule has 0 aliphatic heterocycles. The SMILES string of the molecule is CCCSCCC1CCCC1(N)C(=O)OC. The van der Waals surface area contributed by atoms with Crippen molar-refractivity contribution in [2.24, 2.45) is 11.7 Å². The molecule has 0 aromatic rings. The van der Waals surface area contributed by atoms with E-state index < -0.39 is 5.54 Å². The predicted molar refractivity (Wildman–Crippen MR) is 68.5 cm³/mol. The van der Waals surface area contributed by atoms with Gasteiger partial charge in [-0.3, -0.25) is 4.79 Å². The zero-order valence-electron chi connectivity index (χ0n) is 10.3. The summed E-state index contributed by atoms with van der Waals surface area (Å²) in [6, 6.07) is 0. The van der Waals surface area contributed by atoms with Gasteiger partial charge in [-0.25, -0.2) is 0 Å². The Morgan fingerprint density at radius 2 is 2.31 bits per heavy atom. The monoisotopic (exact) mass is 245 g/mol. The van der Waals surface area contributed by atoms with Crippen LogP contribution in [0.15, 0.2) is 0 Å². The molecular formula is C12H23NO2S. The van der Waals surface area contributed by atoms with Crippen molar-refractivity contribution in [3.8, 4) is 0 Å². The summed E-state index contributed by atoms with van der Waals surface area (Å²) < 4.78 is 4.82. The molecule has 0 spiro atoms. The topological polar surface area (TPSA) is 52.3 Å². The molecule has 2 atom stereocenters. The Kier molecular flexibility index (Phi) is 5.62. The lowest BCUT2D eigenvalue weighted by molar-refractivity contribution is -0.148. The van der Waals surface area contributed by atoms with E-state index in [0.29, 0.717) is 5.92 Å². The second-order valence-corrected chi connectivity index (χ2v) is 5.75. The summed E-state index contributed by atoms with van der Waals surface area (Å²) in [5.41, 5.74) is 5.48. The molecule has 94 valence electrons. The summed E-state index contributed by atoms with van der Waals surface area (Å²) in [5, 5.41) is 0. The summed E-state index contributed by atoms with van der Waals surface area (Å²) in [5.74, 6) is 2.39. The van der Waals surface area contributed by atoms with Crippen molar-refractivity contribution >= 4 is 17.7 Å². The largest absolute Gasteiger partial charge is 0.468 e. The molecule has 1 aliphatic carbocycles. The Morgan fingerprint density at radius 1 is 1.56 bits per heavy atom. The number of thioether (sulfide) groups is 1. The van der Waals surface area contributed by atoms with Crippen LogP contribution >= 0.6 is 11.8 Å². The second kappa shape index (κ2) is 6.50. The Labute approximate surface area is 102 Å². The van der Waals surface area contributed by atoms with Crippen molar-refractivity contribution in [3.63, 3.8) is 0 Å². The van der Waals surface area contributed by atoms with Crippen molar-refractivity contribution in [2.75, 3.05) is 18.6 Å². The molecule has 0 amide bonds. The minimum absolute atomic E-state index is 0.226. The predicted octanol–water partition coefficient (Wildman–Crippen LogP) is 2.19. The quantitative estimate of drug-likeness (QED) is 0.576. The summed E-state index contributed by atoms with van der Waals surface area (Å²) >= 11 is 1.95. The zero-order valence-corrected chi connectivity index (χ0v) is 11.1. The number of methoxy groups -OCH3 is 1. The van der Waals surface area contributed by atoms with Crippen molar-refractivity contribution in [2.45, 2.75) is 44.6 Å². The van der Waals surface area contributed by atoms with Crippen LogP contribution in [0, 0.1) is 5.92 Å². The molecule has 0 aromatic heterocycles. The van der Waals surface area contributed by atoms with Crippen LogP contribution in [0.4, 0.5) is 0 Å². The maximum atomic E-state index is 11.7. The number of rotatable bonds is 6. The van der Waals surface area contributed by atoms with Gasteiger partial charge in [-0.2, -0.15) is 11.8 Å². The van der Waals surface area contributed by atoms with E-state index in [0.717, 1.165) is 31.4 Å². The fraction of sp³-hybridized carbons (Fsp3) is 0.917. The smallest absolute Gasteiger partial charge is 0.326 e. The third-order valence-corrected chi connectivity index (χ3v) is 4.62. The first-order chi connectivity index (χ1) is 7.65. The van der Waals surface area contributed by atoms with Gasteiger partial charge in [-0.05, 0) is 43.1 Å². The van der Waals surface area contributed by atoms with Crippen LogP contribution in [0.2, 0.25) is 0 Å². The number of carbonyl (C=O) groups is 1. The molecule has 0 aromatic carbocycles. The van der Waals surface area contributed by atoms with Crippen LogP contribution in [0.3, 0.4) is 0 Å². The first-order valence-electron chi connectivity index (χ1n) is 6.10. The summed E-state index contributed by atoms with van der Waals surface area (Å²) in [6.45, 7) is 2.18. The van der Waals surface area contributed by atoms with E-state index in [-0.39, 0.29) is 5.97 Å².